The largest absolute Gasteiger partial charge is 0.378 e. The highest BCUT2D eigenvalue weighted by molar-refractivity contribution is 6.10. The summed E-state index contributed by atoms with van der Waals surface area (Å²) in [4.78, 5) is 39.0. The minimum Gasteiger partial charge on any atom is -0.378 e. The van der Waals surface area contributed by atoms with Gasteiger partial charge in [0.2, 0.25) is 0 Å². The molecule has 7 nitrogen and oxygen atoms in total. The number of ketones is 1. The van der Waals surface area contributed by atoms with Crippen molar-refractivity contribution in [1.29, 1.82) is 0 Å². The van der Waals surface area contributed by atoms with Crippen molar-refractivity contribution in [2.24, 2.45) is 0 Å². The Kier molecular flexibility index (Phi) is 5.11. The van der Waals surface area contributed by atoms with E-state index in [1.165, 1.54) is 0 Å². The smallest absolute Gasteiger partial charge is 0.270 e. The molecule has 2 aromatic carbocycles. The molecule has 2 aromatic heterocycles. The van der Waals surface area contributed by atoms with Gasteiger partial charge in [0.15, 0.2) is 5.78 Å². The van der Waals surface area contributed by atoms with Gasteiger partial charge in [0, 0.05) is 35.5 Å². The fraction of sp³-hybridized carbons (Fsp3) is 0.240. The van der Waals surface area contributed by atoms with E-state index in [9.17, 15) is 9.59 Å². The summed E-state index contributed by atoms with van der Waals surface area (Å²) < 4.78 is 5.36. The summed E-state index contributed by atoms with van der Waals surface area (Å²) in [6, 6.07) is 14.7. The van der Waals surface area contributed by atoms with Crippen LogP contribution in [0.3, 0.4) is 0 Å². The first-order valence-corrected chi connectivity index (χ1v) is 10.7. The Hall–Kier alpha value is -3.71. The number of H-pyrrole nitrogens is 2. The summed E-state index contributed by atoms with van der Waals surface area (Å²) in [5.41, 5.74) is 5.98. The molecule has 0 spiro atoms. The minimum absolute atomic E-state index is 0.0213. The number of amides is 1. The van der Waals surface area contributed by atoms with E-state index in [4.69, 9.17) is 9.72 Å². The number of aromatic nitrogens is 3. The van der Waals surface area contributed by atoms with Crippen LogP contribution in [-0.4, -0.2) is 57.8 Å². The molecule has 32 heavy (non-hydrogen) atoms. The molecule has 1 amide bonds. The molecule has 5 rings (SSSR count). The molecule has 0 radical (unpaired) electrons. The number of nitrogens with one attached hydrogen (secondary N) is 2. The van der Waals surface area contributed by atoms with Crippen molar-refractivity contribution in [2.75, 3.05) is 26.3 Å². The fourth-order valence-corrected chi connectivity index (χ4v) is 4.27. The predicted molar refractivity (Wildman–Crippen MR) is 122 cm³/mol. The second-order valence-electron chi connectivity index (χ2n) is 8.04. The van der Waals surface area contributed by atoms with E-state index in [1.54, 1.807) is 0 Å². The number of carbonyl (C=O) groups is 2. The molecule has 7 heteroatoms. The molecule has 162 valence electrons. The van der Waals surface area contributed by atoms with Crippen LogP contribution in [0.1, 0.15) is 37.7 Å². The number of morpholine rings is 1. The monoisotopic (exact) mass is 428 g/mol. The van der Waals surface area contributed by atoms with Crippen LogP contribution in [0.4, 0.5) is 0 Å². The Balaban J connectivity index is 1.49. The van der Waals surface area contributed by atoms with E-state index in [-0.39, 0.29) is 11.7 Å². The third-order valence-corrected chi connectivity index (χ3v) is 5.97. The number of fused-ring (bicyclic) bond motifs is 1. The number of carbonyl (C=O) groups excluding carboxylic acids is 2. The number of aromatic amines is 2. The fourth-order valence-electron chi connectivity index (χ4n) is 4.27. The van der Waals surface area contributed by atoms with Gasteiger partial charge >= 0.3 is 0 Å². The molecule has 0 unspecified atom stereocenters. The van der Waals surface area contributed by atoms with Gasteiger partial charge in [-0.2, -0.15) is 0 Å². The van der Waals surface area contributed by atoms with Gasteiger partial charge in [0.1, 0.15) is 11.5 Å². The Morgan fingerprint density at radius 3 is 2.47 bits per heavy atom. The number of aryl methyl sites for hydroxylation is 1. The van der Waals surface area contributed by atoms with Crippen LogP contribution in [0, 0.1) is 13.8 Å². The summed E-state index contributed by atoms with van der Waals surface area (Å²) >= 11 is 0. The normalized spacial score (nSPS) is 14.1. The van der Waals surface area contributed by atoms with Gasteiger partial charge in [-0.3, -0.25) is 9.59 Å². The standard InChI is InChI=1S/C25H24N4O3/c1-15-21(16(2)26-22(15)25(31)29-10-12-32-13-11-29)24-27-19-9-8-18(14-20(19)28-24)23(30)17-6-4-3-5-7-17/h3-9,14,26H,10-13H2,1-2H3,(H,27,28). The van der Waals surface area contributed by atoms with E-state index in [2.05, 4.69) is 9.97 Å². The van der Waals surface area contributed by atoms with Gasteiger partial charge in [-0.15, -0.1) is 0 Å². The summed E-state index contributed by atoms with van der Waals surface area (Å²) in [6.07, 6.45) is 0. The van der Waals surface area contributed by atoms with Gasteiger partial charge in [-0.25, -0.2) is 4.98 Å². The molecule has 2 N–H and O–H groups in total. The van der Waals surface area contributed by atoms with Crippen LogP contribution in [0.15, 0.2) is 48.5 Å². The van der Waals surface area contributed by atoms with Crippen molar-refractivity contribution < 1.29 is 14.3 Å². The molecule has 1 aliphatic rings. The maximum absolute atomic E-state index is 13.0. The lowest BCUT2D eigenvalue weighted by atomic mass is 10.0. The SMILES string of the molecule is Cc1[nH]c(C(=O)N2CCOCC2)c(C)c1-c1nc2cc(C(=O)c3ccccc3)ccc2[nH]1. The van der Waals surface area contributed by atoms with Crippen LogP contribution >= 0.6 is 0 Å². The number of hydrogen-bond donors (Lipinski definition) is 2. The molecule has 1 saturated heterocycles. The van der Waals surface area contributed by atoms with Gasteiger partial charge in [0.25, 0.3) is 5.91 Å². The maximum Gasteiger partial charge on any atom is 0.270 e. The molecule has 0 bridgehead atoms. The van der Waals surface area contributed by atoms with Crippen molar-refractivity contribution in [2.45, 2.75) is 13.8 Å². The van der Waals surface area contributed by atoms with Crippen LogP contribution in [-0.2, 0) is 4.74 Å². The first-order chi connectivity index (χ1) is 15.5. The molecule has 1 aliphatic heterocycles. The maximum atomic E-state index is 13.0. The van der Waals surface area contributed by atoms with Crippen molar-refractivity contribution in [3.63, 3.8) is 0 Å². The first-order valence-electron chi connectivity index (χ1n) is 10.7. The Labute approximate surface area is 185 Å². The number of imidazole rings is 1. The lowest BCUT2D eigenvalue weighted by Gasteiger charge is -2.26. The zero-order chi connectivity index (χ0) is 22.2. The van der Waals surface area contributed by atoms with Crippen LogP contribution < -0.4 is 0 Å². The van der Waals surface area contributed by atoms with Gasteiger partial charge in [-0.05, 0) is 37.6 Å². The molecule has 0 aliphatic carbocycles. The van der Waals surface area contributed by atoms with Crippen LogP contribution in [0.25, 0.3) is 22.4 Å². The summed E-state index contributed by atoms with van der Waals surface area (Å²) in [5.74, 6) is 0.619. The Morgan fingerprint density at radius 2 is 1.72 bits per heavy atom. The summed E-state index contributed by atoms with van der Waals surface area (Å²) in [7, 11) is 0. The molecule has 0 saturated carbocycles. The van der Waals surface area contributed by atoms with Crippen LogP contribution in [0.2, 0.25) is 0 Å². The summed E-state index contributed by atoms with van der Waals surface area (Å²) in [5, 5.41) is 0. The van der Waals surface area contributed by atoms with E-state index in [0.717, 1.165) is 22.3 Å². The van der Waals surface area contributed by atoms with Gasteiger partial charge in [0.05, 0.1) is 24.2 Å². The molecule has 0 atom stereocenters. The van der Waals surface area contributed by atoms with E-state index < -0.39 is 0 Å². The number of nitrogens with zero attached hydrogens (tertiary/aromatic N) is 2. The molecule has 3 heterocycles. The van der Waals surface area contributed by atoms with Crippen molar-refractivity contribution in [3.8, 4) is 11.4 Å². The van der Waals surface area contributed by atoms with E-state index in [1.807, 2.05) is 67.3 Å². The minimum atomic E-state index is -0.0375. The average Bonchev–Trinajstić information content (AvgIpc) is 3.38. The third kappa shape index (κ3) is 3.50. The van der Waals surface area contributed by atoms with E-state index >= 15 is 0 Å². The highest BCUT2D eigenvalue weighted by Gasteiger charge is 2.25. The number of benzene rings is 2. The first kappa shape index (κ1) is 20.2. The molecule has 4 aromatic rings. The van der Waals surface area contributed by atoms with Gasteiger partial charge in [-0.1, -0.05) is 30.3 Å². The van der Waals surface area contributed by atoms with Crippen molar-refractivity contribution in [3.05, 3.63) is 76.6 Å². The third-order valence-electron chi connectivity index (χ3n) is 5.97. The van der Waals surface area contributed by atoms with Crippen molar-refractivity contribution in [1.82, 2.24) is 19.9 Å². The van der Waals surface area contributed by atoms with Crippen molar-refractivity contribution >= 4 is 22.7 Å². The quantitative estimate of drug-likeness (QED) is 0.483. The zero-order valence-corrected chi connectivity index (χ0v) is 18.1. The predicted octanol–water partition coefficient (Wildman–Crippen LogP) is 3.88. The number of ether oxygens (including phenoxy) is 1. The molecule has 1 fully saturated rings. The Morgan fingerprint density at radius 1 is 0.969 bits per heavy atom. The molecular weight excluding hydrogens is 404 g/mol. The number of rotatable bonds is 4. The molecular formula is C25H24N4O3. The van der Waals surface area contributed by atoms with Crippen LogP contribution in [0.5, 0.6) is 0 Å². The average molecular weight is 428 g/mol. The second-order valence-corrected chi connectivity index (χ2v) is 8.04. The number of hydrogen-bond acceptors (Lipinski definition) is 4. The highest BCUT2D eigenvalue weighted by atomic mass is 16.5. The highest BCUT2D eigenvalue weighted by Crippen LogP contribution is 2.30. The lowest BCUT2D eigenvalue weighted by Crippen LogP contribution is -2.41. The van der Waals surface area contributed by atoms with Gasteiger partial charge < -0.3 is 19.6 Å². The van der Waals surface area contributed by atoms with E-state index in [0.29, 0.717) is 54.5 Å². The summed E-state index contributed by atoms with van der Waals surface area (Å²) in [6.45, 7) is 6.18. The second kappa shape index (κ2) is 8.09. The topological polar surface area (TPSA) is 91.1 Å². The Bertz CT molecular complexity index is 1310. The lowest BCUT2D eigenvalue weighted by molar-refractivity contribution is 0.0299. The zero-order valence-electron chi connectivity index (χ0n) is 18.1.